The van der Waals surface area contributed by atoms with Crippen molar-refractivity contribution in [3.63, 3.8) is 0 Å². The van der Waals surface area contributed by atoms with Gasteiger partial charge in [-0.05, 0) is 18.9 Å². The van der Waals surface area contributed by atoms with Gasteiger partial charge in [-0.1, -0.05) is 0 Å². The van der Waals surface area contributed by atoms with Crippen molar-refractivity contribution in [1.82, 2.24) is 10.3 Å². The maximum Gasteiger partial charge on any atom is 0.300 e. The predicted octanol–water partition coefficient (Wildman–Crippen LogP) is 0.213. The minimum absolute atomic E-state index is 0.0468. The summed E-state index contributed by atoms with van der Waals surface area (Å²) in [6.07, 6.45) is 2.18. The number of nitrogens with one attached hydrogen (secondary N) is 1. The number of nitrogens with zero attached hydrogens (tertiary/aromatic N) is 2. The van der Waals surface area contributed by atoms with Crippen LogP contribution >= 0.6 is 0 Å². The molecule has 0 bridgehead atoms. The smallest absolute Gasteiger partial charge is 0.300 e. The molecule has 0 radical (unpaired) electrons. The van der Waals surface area contributed by atoms with E-state index in [1.54, 1.807) is 0 Å². The van der Waals surface area contributed by atoms with Gasteiger partial charge in [-0.15, -0.1) is 0 Å². The van der Waals surface area contributed by atoms with Crippen molar-refractivity contribution in [2.24, 2.45) is 0 Å². The molecule has 1 amide bonds. The van der Waals surface area contributed by atoms with Gasteiger partial charge in [-0.3, -0.25) is 19.1 Å². The minimum Gasteiger partial charge on any atom is -0.384 e. The van der Waals surface area contributed by atoms with Crippen molar-refractivity contribution >= 4 is 28.2 Å². The lowest BCUT2D eigenvalue weighted by atomic mass is 10.1. The SMILES string of the molecule is Nc1cc(C(=O)NC2CCS(=O)CC2)c([N+](=O)[O-])cn1. The van der Waals surface area contributed by atoms with E-state index in [1.807, 2.05) is 0 Å². The van der Waals surface area contributed by atoms with Gasteiger partial charge in [0.2, 0.25) is 0 Å². The van der Waals surface area contributed by atoms with Crippen molar-refractivity contribution in [3.8, 4) is 0 Å². The molecular formula is C11H14N4O4S. The van der Waals surface area contributed by atoms with E-state index in [0.29, 0.717) is 24.3 Å². The predicted molar refractivity (Wildman–Crippen MR) is 73.7 cm³/mol. The fourth-order valence-electron chi connectivity index (χ4n) is 1.99. The van der Waals surface area contributed by atoms with E-state index in [1.165, 1.54) is 6.07 Å². The number of pyridine rings is 1. The molecule has 2 rings (SSSR count). The molecule has 9 heteroatoms. The Morgan fingerprint density at radius 3 is 2.75 bits per heavy atom. The van der Waals surface area contributed by atoms with Crippen LogP contribution in [0.25, 0.3) is 0 Å². The Labute approximate surface area is 117 Å². The van der Waals surface area contributed by atoms with E-state index in [2.05, 4.69) is 10.3 Å². The van der Waals surface area contributed by atoms with Gasteiger partial charge in [-0.2, -0.15) is 0 Å². The van der Waals surface area contributed by atoms with Crippen molar-refractivity contribution in [2.45, 2.75) is 18.9 Å². The van der Waals surface area contributed by atoms with Crippen LogP contribution in [0, 0.1) is 10.1 Å². The summed E-state index contributed by atoms with van der Waals surface area (Å²) < 4.78 is 11.2. The molecule has 1 aliphatic heterocycles. The summed E-state index contributed by atoms with van der Waals surface area (Å²) in [5.74, 6) is 0.561. The Morgan fingerprint density at radius 2 is 2.15 bits per heavy atom. The Hall–Kier alpha value is -2.03. The molecule has 0 spiro atoms. The highest BCUT2D eigenvalue weighted by molar-refractivity contribution is 7.85. The molecule has 108 valence electrons. The highest BCUT2D eigenvalue weighted by Crippen LogP contribution is 2.20. The number of nitrogen functional groups attached to an aromatic ring is 1. The number of carbonyl (C=O) groups excluding carboxylic acids is 1. The van der Waals surface area contributed by atoms with Crippen LogP contribution < -0.4 is 11.1 Å². The molecule has 0 aromatic carbocycles. The number of nitro groups is 1. The number of anilines is 1. The lowest BCUT2D eigenvalue weighted by Crippen LogP contribution is -2.39. The molecule has 0 unspecified atom stereocenters. The lowest BCUT2D eigenvalue weighted by molar-refractivity contribution is -0.385. The Morgan fingerprint density at radius 1 is 1.50 bits per heavy atom. The summed E-state index contributed by atoms with van der Waals surface area (Å²) in [5.41, 5.74) is 4.98. The third-order valence-corrected chi connectivity index (χ3v) is 4.45. The summed E-state index contributed by atoms with van der Waals surface area (Å²) in [5, 5.41) is 13.6. The highest BCUT2D eigenvalue weighted by Gasteiger charge is 2.25. The van der Waals surface area contributed by atoms with Gasteiger partial charge in [0.05, 0.1) is 4.92 Å². The van der Waals surface area contributed by atoms with E-state index in [-0.39, 0.29) is 23.1 Å². The van der Waals surface area contributed by atoms with Gasteiger partial charge >= 0.3 is 0 Å². The molecule has 0 saturated carbocycles. The van der Waals surface area contributed by atoms with E-state index in [0.717, 1.165) is 6.20 Å². The Bertz CT molecular complexity index is 568. The third kappa shape index (κ3) is 3.29. The number of rotatable bonds is 3. The molecular weight excluding hydrogens is 284 g/mol. The number of hydrogen-bond acceptors (Lipinski definition) is 6. The molecule has 1 saturated heterocycles. The molecule has 0 atom stereocenters. The third-order valence-electron chi connectivity index (χ3n) is 3.07. The number of amides is 1. The zero-order valence-electron chi connectivity index (χ0n) is 10.6. The van der Waals surface area contributed by atoms with Crippen molar-refractivity contribution < 1.29 is 13.9 Å². The zero-order valence-corrected chi connectivity index (χ0v) is 11.4. The number of nitrogens with two attached hydrogens (primary N) is 1. The van der Waals surface area contributed by atoms with Crippen LogP contribution in [-0.4, -0.2) is 37.6 Å². The molecule has 1 fully saturated rings. The maximum absolute atomic E-state index is 12.1. The van der Waals surface area contributed by atoms with Crippen LogP contribution in [0.3, 0.4) is 0 Å². The zero-order chi connectivity index (χ0) is 14.7. The first-order chi connectivity index (χ1) is 9.47. The summed E-state index contributed by atoms with van der Waals surface area (Å²) in [7, 11) is -0.825. The molecule has 2 heterocycles. The molecule has 1 aromatic heterocycles. The van der Waals surface area contributed by atoms with Gasteiger partial charge in [0.25, 0.3) is 11.6 Å². The second kappa shape index (κ2) is 5.95. The van der Waals surface area contributed by atoms with Crippen LogP contribution in [0.5, 0.6) is 0 Å². The standard InChI is InChI=1S/C11H14N4O4S/c12-10-5-8(9(6-13-10)15(17)18)11(16)14-7-1-3-20(19)4-2-7/h5-7H,1-4H2,(H2,12,13)(H,14,16). The van der Waals surface area contributed by atoms with Crippen LogP contribution in [0.15, 0.2) is 12.3 Å². The van der Waals surface area contributed by atoms with Gasteiger partial charge in [-0.25, -0.2) is 4.98 Å². The molecule has 8 nitrogen and oxygen atoms in total. The Balaban J connectivity index is 2.14. The van der Waals surface area contributed by atoms with Crippen LogP contribution in [0.1, 0.15) is 23.2 Å². The summed E-state index contributed by atoms with van der Waals surface area (Å²) in [6, 6.07) is 1.07. The maximum atomic E-state index is 12.1. The monoisotopic (exact) mass is 298 g/mol. The highest BCUT2D eigenvalue weighted by atomic mass is 32.2. The fraction of sp³-hybridized carbons (Fsp3) is 0.455. The number of carbonyl (C=O) groups is 1. The largest absolute Gasteiger partial charge is 0.384 e. The van der Waals surface area contributed by atoms with Gasteiger partial charge in [0.1, 0.15) is 17.6 Å². The molecule has 20 heavy (non-hydrogen) atoms. The lowest BCUT2D eigenvalue weighted by Gasteiger charge is -2.22. The van der Waals surface area contributed by atoms with Gasteiger partial charge in [0.15, 0.2) is 0 Å². The number of hydrogen-bond donors (Lipinski definition) is 2. The van der Waals surface area contributed by atoms with Crippen molar-refractivity contribution in [1.29, 1.82) is 0 Å². The van der Waals surface area contributed by atoms with E-state index in [9.17, 15) is 19.1 Å². The summed E-state index contributed by atoms with van der Waals surface area (Å²) in [4.78, 5) is 25.9. The molecule has 0 aliphatic carbocycles. The van der Waals surface area contributed by atoms with E-state index < -0.39 is 21.6 Å². The Kier molecular flexibility index (Phi) is 4.28. The number of aromatic nitrogens is 1. The normalized spacial score (nSPS) is 22.2. The summed E-state index contributed by atoms with van der Waals surface area (Å²) >= 11 is 0. The second-order valence-corrected chi connectivity index (χ2v) is 6.18. The van der Waals surface area contributed by atoms with Gasteiger partial charge < -0.3 is 11.1 Å². The molecule has 1 aromatic rings. The first kappa shape index (κ1) is 14.4. The fourth-order valence-corrected chi connectivity index (χ4v) is 3.29. The first-order valence-electron chi connectivity index (χ1n) is 6.03. The van der Waals surface area contributed by atoms with Crippen LogP contribution in [0.4, 0.5) is 11.5 Å². The first-order valence-corrected chi connectivity index (χ1v) is 7.52. The van der Waals surface area contributed by atoms with Crippen LogP contribution in [-0.2, 0) is 10.8 Å². The topological polar surface area (TPSA) is 128 Å². The van der Waals surface area contributed by atoms with Gasteiger partial charge in [0, 0.05) is 28.3 Å². The average molecular weight is 298 g/mol. The van der Waals surface area contributed by atoms with Crippen molar-refractivity contribution in [2.75, 3.05) is 17.2 Å². The molecule has 1 aliphatic rings. The quantitative estimate of drug-likeness (QED) is 0.606. The average Bonchev–Trinajstić information content (AvgIpc) is 2.41. The van der Waals surface area contributed by atoms with E-state index >= 15 is 0 Å². The molecule has 3 N–H and O–H groups in total. The minimum atomic E-state index is -0.825. The van der Waals surface area contributed by atoms with Crippen molar-refractivity contribution in [3.05, 3.63) is 27.9 Å². The summed E-state index contributed by atoms with van der Waals surface area (Å²) in [6.45, 7) is 0. The van der Waals surface area contributed by atoms with E-state index in [4.69, 9.17) is 5.73 Å². The second-order valence-electron chi connectivity index (χ2n) is 4.48. The van der Waals surface area contributed by atoms with Crippen LogP contribution in [0.2, 0.25) is 0 Å².